The number of carbonyl (C=O) groups excluding carboxylic acids is 1. The van der Waals surface area contributed by atoms with Crippen molar-refractivity contribution < 1.29 is 14.3 Å². The van der Waals surface area contributed by atoms with Crippen LogP contribution in [0.15, 0.2) is 66.7 Å². The summed E-state index contributed by atoms with van der Waals surface area (Å²) in [6, 6.07) is 22.9. The second kappa shape index (κ2) is 10.5. The molecule has 5 rings (SSSR count). The summed E-state index contributed by atoms with van der Waals surface area (Å²) in [5, 5.41) is 0. The van der Waals surface area contributed by atoms with Gasteiger partial charge in [-0.15, -0.1) is 0 Å². The van der Waals surface area contributed by atoms with Gasteiger partial charge in [0.05, 0.1) is 13.5 Å². The normalized spacial score (nSPS) is 19.0. The van der Waals surface area contributed by atoms with E-state index in [1.165, 1.54) is 43.2 Å². The van der Waals surface area contributed by atoms with Crippen molar-refractivity contribution in [3.63, 3.8) is 0 Å². The fourth-order valence-corrected chi connectivity index (χ4v) is 5.58. The van der Waals surface area contributed by atoms with Gasteiger partial charge in [-0.3, -0.25) is 4.79 Å². The lowest BCUT2D eigenvalue weighted by Gasteiger charge is -2.34. The molecule has 2 bridgehead atoms. The molecule has 0 aromatic heterocycles. The molecule has 3 aromatic rings. The highest BCUT2D eigenvalue weighted by Gasteiger charge is 2.33. The van der Waals surface area contributed by atoms with Crippen LogP contribution in [0.5, 0.6) is 5.75 Å². The summed E-state index contributed by atoms with van der Waals surface area (Å²) in [6.07, 6.45) is 4.28. The molecule has 0 spiro atoms. The van der Waals surface area contributed by atoms with Crippen LogP contribution in [0.4, 0.5) is 5.69 Å². The van der Waals surface area contributed by atoms with E-state index in [-0.39, 0.29) is 12.4 Å². The molecule has 1 heterocycles. The van der Waals surface area contributed by atoms with Gasteiger partial charge in [-0.25, -0.2) is 0 Å². The van der Waals surface area contributed by atoms with Crippen molar-refractivity contribution in [2.45, 2.75) is 38.8 Å². The van der Waals surface area contributed by atoms with Gasteiger partial charge in [-0.1, -0.05) is 36.4 Å². The van der Waals surface area contributed by atoms with E-state index in [0.29, 0.717) is 18.9 Å². The Morgan fingerprint density at radius 2 is 1.71 bits per heavy atom. The predicted molar refractivity (Wildman–Crippen MR) is 139 cm³/mol. The molecule has 2 aliphatic rings. The molecule has 0 amide bonds. The summed E-state index contributed by atoms with van der Waals surface area (Å²) in [7, 11) is 1.41. The van der Waals surface area contributed by atoms with Crippen molar-refractivity contribution in [1.29, 1.82) is 0 Å². The van der Waals surface area contributed by atoms with Gasteiger partial charge in [0.15, 0.2) is 0 Å². The number of fused-ring (bicyclic) bond motifs is 2. The second-order valence-electron chi connectivity index (χ2n) is 9.89. The van der Waals surface area contributed by atoms with Crippen LogP contribution in [0.25, 0.3) is 11.1 Å². The Morgan fingerprint density at radius 1 is 0.943 bits per heavy atom. The number of piperidine rings is 1. The third-order valence-electron chi connectivity index (χ3n) is 7.38. The predicted octanol–water partition coefficient (Wildman–Crippen LogP) is 5.34. The molecule has 1 saturated heterocycles. The summed E-state index contributed by atoms with van der Waals surface area (Å²) in [5.41, 5.74) is 12.6. The van der Waals surface area contributed by atoms with Crippen LogP contribution in [0.3, 0.4) is 0 Å². The molecule has 1 aliphatic heterocycles. The Morgan fingerprint density at radius 3 is 2.49 bits per heavy atom. The number of methoxy groups -OCH3 is 1. The number of rotatable bonds is 8. The van der Waals surface area contributed by atoms with Gasteiger partial charge >= 0.3 is 5.97 Å². The lowest BCUT2D eigenvalue weighted by Crippen LogP contribution is -2.36. The van der Waals surface area contributed by atoms with Crippen molar-refractivity contribution >= 4 is 11.7 Å². The maximum Gasteiger partial charge on any atom is 0.310 e. The smallest absolute Gasteiger partial charge is 0.310 e. The van der Waals surface area contributed by atoms with E-state index in [9.17, 15) is 4.79 Å². The highest BCUT2D eigenvalue weighted by molar-refractivity contribution is 5.73. The number of hydrogen-bond acceptors (Lipinski definition) is 5. The van der Waals surface area contributed by atoms with Crippen molar-refractivity contribution in [2.24, 2.45) is 17.6 Å². The number of esters is 1. The number of para-hydroxylation sites is 1. The summed E-state index contributed by atoms with van der Waals surface area (Å²) in [5.74, 6) is 2.06. The van der Waals surface area contributed by atoms with Crippen LogP contribution in [0, 0.1) is 11.8 Å². The minimum absolute atomic E-state index is 0.195. The first-order chi connectivity index (χ1) is 17.1. The Labute approximate surface area is 207 Å². The number of anilines is 1. The minimum Gasteiger partial charge on any atom is -0.489 e. The first kappa shape index (κ1) is 23.4. The molecule has 2 atom stereocenters. The van der Waals surface area contributed by atoms with Gasteiger partial charge in [0.2, 0.25) is 0 Å². The monoisotopic (exact) mass is 470 g/mol. The van der Waals surface area contributed by atoms with Gasteiger partial charge in [-0.2, -0.15) is 0 Å². The average Bonchev–Trinajstić information content (AvgIpc) is 3.24. The summed E-state index contributed by atoms with van der Waals surface area (Å²) < 4.78 is 11.1. The first-order valence-corrected chi connectivity index (χ1v) is 12.6. The van der Waals surface area contributed by atoms with Gasteiger partial charge in [-0.05, 0) is 83.7 Å². The van der Waals surface area contributed by atoms with Crippen molar-refractivity contribution in [2.75, 3.05) is 25.1 Å². The fourth-order valence-electron chi connectivity index (χ4n) is 5.58. The average molecular weight is 471 g/mol. The molecular formula is C30H34N2O3. The van der Waals surface area contributed by atoms with Crippen LogP contribution in [0.2, 0.25) is 0 Å². The van der Waals surface area contributed by atoms with Gasteiger partial charge in [0, 0.05) is 30.9 Å². The maximum absolute atomic E-state index is 11.8. The standard InChI is InChI=1S/C30H34N2O3/c1-34-30(33)16-26-6-2-3-8-29(26)35-20-24-13-27(25-7-4-5-21(12-25)17-31)15-28(14-24)32-18-22-9-10-23(11-22)19-32/h2-8,12-15,22-23H,9-11,16-20,31H2,1H3. The highest BCUT2D eigenvalue weighted by Crippen LogP contribution is 2.39. The van der Waals surface area contributed by atoms with Crippen LogP contribution < -0.4 is 15.4 Å². The van der Waals surface area contributed by atoms with Gasteiger partial charge in [0.1, 0.15) is 12.4 Å². The molecule has 35 heavy (non-hydrogen) atoms. The van der Waals surface area contributed by atoms with E-state index in [4.69, 9.17) is 15.2 Å². The van der Waals surface area contributed by atoms with E-state index < -0.39 is 0 Å². The third-order valence-corrected chi connectivity index (χ3v) is 7.38. The van der Waals surface area contributed by atoms with Crippen LogP contribution >= 0.6 is 0 Å². The molecule has 1 aliphatic carbocycles. The largest absolute Gasteiger partial charge is 0.489 e. The molecule has 2 unspecified atom stereocenters. The number of ether oxygens (including phenoxy) is 2. The summed E-state index contributed by atoms with van der Waals surface area (Å²) in [4.78, 5) is 14.4. The number of carbonyl (C=O) groups is 1. The number of nitrogens with two attached hydrogens (primary N) is 1. The zero-order valence-electron chi connectivity index (χ0n) is 20.4. The number of nitrogens with zero attached hydrogens (tertiary/aromatic N) is 1. The van der Waals surface area contributed by atoms with E-state index in [1.54, 1.807) is 0 Å². The molecule has 2 fully saturated rings. The molecule has 2 N–H and O–H groups in total. The zero-order valence-corrected chi connectivity index (χ0v) is 20.4. The second-order valence-corrected chi connectivity index (χ2v) is 9.89. The number of hydrogen-bond donors (Lipinski definition) is 1. The van der Waals surface area contributed by atoms with Crippen LogP contribution in [0.1, 0.15) is 36.0 Å². The minimum atomic E-state index is -0.273. The van der Waals surface area contributed by atoms with E-state index in [0.717, 1.165) is 41.6 Å². The quantitative estimate of drug-likeness (QED) is 0.450. The van der Waals surface area contributed by atoms with E-state index in [1.807, 2.05) is 24.3 Å². The molecule has 3 aromatic carbocycles. The van der Waals surface area contributed by atoms with Crippen LogP contribution in [-0.2, 0) is 29.1 Å². The highest BCUT2D eigenvalue weighted by atomic mass is 16.5. The maximum atomic E-state index is 11.8. The molecule has 0 radical (unpaired) electrons. The topological polar surface area (TPSA) is 64.8 Å². The third kappa shape index (κ3) is 5.51. The molecule has 5 nitrogen and oxygen atoms in total. The van der Waals surface area contributed by atoms with Crippen molar-refractivity contribution in [1.82, 2.24) is 0 Å². The lowest BCUT2D eigenvalue weighted by atomic mass is 9.96. The van der Waals surface area contributed by atoms with Crippen LogP contribution in [-0.4, -0.2) is 26.2 Å². The Balaban J connectivity index is 1.44. The number of benzene rings is 3. The lowest BCUT2D eigenvalue weighted by molar-refractivity contribution is -0.139. The zero-order chi connectivity index (χ0) is 24.2. The SMILES string of the molecule is COC(=O)Cc1ccccc1OCc1cc(-c2cccc(CN)c2)cc(N2CC3CCC(C3)C2)c1. The summed E-state index contributed by atoms with van der Waals surface area (Å²) in [6.45, 7) is 3.21. The van der Waals surface area contributed by atoms with Gasteiger partial charge < -0.3 is 20.1 Å². The summed E-state index contributed by atoms with van der Waals surface area (Å²) >= 11 is 0. The molecule has 182 valence electrons. The van der Waals surface area contributed by atoms with Crippen molar-refractivity contribution in [3.05, 3.63) is 83.4 Å². The van der Waals surface area contributed by atoms with E-state index in [2.05, 4.69) is 47.4 Å². The van der Waals surface area contributed by atoms with Gasteiger partial charge in [0.25, 0.3) is 0 Å². The van der Waals surface area contributed by atoms with Crippen molar-refractivity contribution in [3.8, 4) is 16.9 Å². The fraction of sp³-hybridized carbons (Fsp3) is 0.367. The Hall–Kier alpha value is -3.31. The molecule has 5 heteroatoms. The first-order valence-electron chi connectivity index (χ1n) is 12.6. The molecular weight excluding hydrogens is 436 g/mol. The molecule has 1 saturated carbocycles. The van der Waals surface area contributed by atoms with E-state index >= 15 is 0 Å². The Kier molecular flexibility index (Phi) is 7.05. The Bertz CT molecular complexity index is 1180.